The molecule has 2 fully saturated rings. The Kier molecular flexibility index (Phi) is 4.71. The van der Waals surface area contributed by atoms with E-state index >= 15 is 0 Å². The highest BCUT2D eigenvalue weighted by Crippen LogP contribution is 2.35. The first-order chi connectivity index (χ1) is 11.9. The van der Waals surface area contributed by atoms with Gasteiger partial charge < -0.3 is 9.47 Å². The highest BCUT2D eigenvalue weighted by molar-refractivity contribution is 5.09. The van der Waals surface area contributed by atoms with Crippen molar-refractivity contribution in [3.05, 3.63) is 54.5 Å². The molecule has 3 atom stereocenters. The van der Waals surface area contributed by atoms with Crippen LogP contribution in [0.3, 0.4) is 0 Å². The van der Waals surface area contributed by atoms with Crippen LogP contribution in [0.5, 0.6) is 5.88 Å². The van der Waals surface area contributed by atoms with Crippen LogP contribution in [0.4, 0.5) is 0 Å². The molecule has 2 aromatic heterocycles. The predicted molar refractivity (Wildman–Crippen MR) is 90.6 cm³/mol. The number of ether oxygens (including phenoxy) is 2. The standard InChI is InChI=1S/C19H23N3O2/c1-3-7-20-16(5-1)13-22-9-10-23-18-12-15(11-17(18)22)14-24-19-6-2-4-8-21-19/h1-8,15,17-18H,9-14H2/t15-,17-,18-/m1/s1. The van der Waals surface area contributed by atoms with Crippen LogP contribution in [0.2, 0.25) is 0 Å². The topological polar surface area (TPSA) is 47.5 Å². The Balaban J connectivity index is 1.35. The van der Waals surface area contributed by atoms with E-state index in [2.05, 4.69) is 27.0 Å². The van der Waals surface area contributed by atoms with Crippen molar-refractivity contribution >= 4 is 0 Å². The molecule has 0 aromatic carbocycles. The van der Waals surface area contributed by atoms with Crippen LogP contribution in [0, 0.1) is 5.92 Å². The molecule has 1 aliphatic heterocycles. The van der Waals surface area contributed by atoms with Gasteiger partial charge in [0.1, 0.15) is 0 Å². The monoisotopic (exact) mass is 325 g/mol. The fourth-order valence-corrected chi connectivity index (χ4v) is 3.79. The van der Waals surface area contributed by atoms with Gasteiger partial charge in [0.05, 0.1) is 25.0 Å². The molecule has 5 nitrogen and oxygen atoms in total. The van der Waals surface area contributed by atoms with Crippen LogP contribution in [-0.2, 0) is 11.3 Å². The Morgan fingerprint density at radius 2 is 1.96 bits per heavy atom. The average molecular weight is 325 g/mol. The summed E-state index contributed by atoms with van der Waals surface area (Å²) in [4.78, 5) is 11.2. The van der Waals surface area contributed by atoms with Crippen LogP contribution < -0.4 is 4.74 Å². The number of nitrogens with zero attached hydrogens (tertiary/aromatic N) is 3. The van der Waals surface area contributed by atoms with Crippen LogP contribution in [0.15, 0.2) is 48.8 Å². The molecule has 5 heteroatoms. The van der Waals surface area contributed by atoms with E-state index in [1.54, 1.807) is 6.20 Å². The lowest BCUT2D eigenvalue weighted by atomic mass is 10.1. The summed E-state index contributed by atoms with van der Waals surface area (Å²) >= 11 is 0. The SMILES string of the molecule is c1ccc(CN2CCO[C@@H]3C[C@H](COc4ccccn4)C[C@H]32)nc1. The number of aromatic nitrogens is 2. The second-order valence-electron chi connectivity index (χ2n) is 6.58. The Bertz CT molecular complexity index is 638. The van der Waals surface area contributed by atoms with Crippen molar-refractivity contribution < 1.29 is 9.47 Å². The van der Waals surface area contributed by atoms with Gasteiger partial charge in [-0.25, -0.2) is 4.98 Å². The third-order valence-corrected chi connectivity index (χ3v) is 4.94. The predicted octanol–water partition coefficient (Wildman–Crippen LogP) is 2.54. The van der Waals surface area contributed by atoms with Gasteiger partial charge in [-0.05, 0) is 37.0 Å². The van der Waals surface area contributed by atoms with Gasteiger partial charge in [-0.1, -0.05) is 12.1 Å². The van der Waals surface area contributed by atoms with Crippen molar-refractivity contribution in [2.24, 2.45) is 5.92 Å². The number of fused-ring (bicyclic) bond motifs is 1. The zero-order valence-electron chi connectivity index (χ0n) is 13.8. The molecular formula is C19H23N3O2. The quantitative estimate of drug-likeness (QED) is 0.845. The summed E-state index contributed by atoms with van der Waals surface area (Å²) in [5, 5.41) is 0. The minimum atomic E-state index is 0.319. The van der Waals surface area contributed by atoms with Gasteiger partial charge in [0.2, 0.25) is 5.88 Å². The first kappa shape index (κ1) is 15.5. The molecule has 3 heterocycles. The molecule has 126 valence electrons. The fraction of sp³-hybridized carbons (Fsp3) is 0.474. The molecule has 1 saturated carbocycles. The van der Waals surface area contributed by atoms with Crippen molar-refractivity contribution in [2.75, 3.05) is 19.8 Å². The molecule has 0 spiro atoms. The summed E-state index contributed by atoms with van der Waals surface area (Å²) in [6, 6.07) is 12.4. The smallest absolute Gasteiger partial charge is 0.213 e. The van der Waals surface area contributed by atoms with Crippen molar-refractivity contribution in [2.45, 2.75) is 31.5 Å². The van der Waals surface area contributed by atoms with Crippen LogP contribution in [0.1, 0.15) is 18.5 Å². The summed E-state index contributed by atoms with van der Waals surface area (Å²) in [6.45, 7) is 3.40. The van der Waals surface area contributed by atoms with E-state index in [-0.39, 0.29) is 0 Å². The molecule has 2 aliphatic rings. The minimum Gasteiger partial charge on any atom is -0.477 e. The highest BCUT2D eigenvalue weighted by Gasteiger charge is 2.41. The lowest BCUT2D eigenvalue weighted by Crippen LogP contribution is -2.47. The van der Waals surface area contributed by atoms with Gasteiger partial charge in [0.25, 0.3) is 0 Å². The van der Waals surface area contributed by atoms with Gasteiger partial charge in [0.15, 0.2) is 0 Å². The van der Waals surface area contributed by atoms with Gasteiger partial charge in [-0.2, -0.15) is 0 Å². The van der Waals surface area contributed by atoms with E-state index in [9.17, 15) is 0 Å². The summed E-state index contributed by atoms with van der Waals surface area (Å²) in [5.41, 5.74) is 1.13. The summed E-state index contributed by atoms with van der Waals surface area (Å²) in [6.07, 6.45) is 6.13. The molecule has 2 aromatic rings. The Morgan fingerprint density at radius 1 is 1.08 bits per heavy atom. The van der Waals surface area contributed by atoms with Gasteiger partial charge in [0, 0.05) is 37.6 Å². The number of pyridine rings is 2. The first-order valence-corrected chi connectivity index (χ1v) is 8.68. The van der Waals surface area contributed by atoms with Crippen LogP contribution in [-0.4, -0.2) is 46.8 Å². The maximum absolute atomic E-state index is 6.02. The Hall–Kier alpha value is -1.98. The second kappa shape index (κ2) is 7.28. The Labute approximate surface area is 142 Å². The van der Waals surface area contributed by atoms with E-state index in [4.69, 9.17) is 9.47 Å². The molecule has 24 heavy (non-hydrogen) atoms. The van der Waals surface area contributed by atoms with Gasteiger partial charge in [-0.15, -0.1) is 0 Å². The number of morpholine rings is 1. The largest absolute Gasteiger partial charge is 0.477 e. The number of rotatable bonds is 5. The molecule has 1 saturated heterocycles. The van der Waals surface area contributed by atoms with Crippen molar-refractivity contribution in [1.82, 2.24) is 14.9 Å². The zero-order valence-corrected chi connectivity index (χ0v) is 13.8. The molecule has 4 rings (SSSR count). The van der Waals surface area contributed by atoms with Crippen molar-refractivity contribution in [3.8, 4) is 5.88 Å². The van der Waals surface area contributed by atoms with E-state index in [1.165, 1.54) is 0 Å². The van der Waals surface area contributed by atoms with Crippen LogP contribution >= 0.6 is 0 Å². The molecule has 0 amide bonds. The normalized spacial score (nSPS) is 26.9. The molecule has 0 N–H and O–H groups in total. The third kappa shape index (κ3) is 3.57. The van der Waals surface area contributed by atoms with E-state index in [0.29, 0.717) is 30.6 Å². The van der Waals surface area contributed by atoms with Crippen molar-refractivity contribution in [1.29, 1.82) is 0 Å². The van der Waals surface area contributed by atoms with E-state index < -0.39 is 0 Å². The highest BCUT2D eigenvalue weighted by atomic mass is 16.5. The average Bonchev–Trinajstić information content (AvgIpc) is 3.06. The molecule has 0 unspecified atom stereocenters. The minimum absolute atomic E-state index is 0.319. The summed E-state index contributed by atoms with van der Waals surface area (Å²) in [7, 11) is 0. The second-order valence-corrected chi connectivity index (χ2v) is 6.58. The number of hydrogen-bond acceptors (Lipinski definition) is 5. The Morgan fingerprint density at radius 3 is 2.75 bits per heavy atom. The van der Waals surface area contributed by atoms with Gasteiger partial charge in [-0.3, -0.25) is 9.88 Å². The third-order valence-electron chi connectivity index (χ3n) is 4.94. The molecule has 0 bridgehead atoms. The van der Waals surface area contributed by atoms with Gasteiger partial charge >= 0.3 is 0 Å². The van der Waals surface area contributed by atoms with Crippen LogP contribution in [0.25, 0.3) is 0 Å². The van der Waals surface area contributed by atoms with E-state index in [0.717, 1.165) is 38.2 Å². The molecular weight excluding hydrogens is 302 g/mol. The zero-order chi connectivity index (χ0) is 16.2. The maximum atomic E-state index is 6.02. The van der Waals surface area contributed by atoms with Crippen molar-refractivity contribution in [3.63, 3.8) is 0 Å². The number of hydrogen-bond donors (Lipinski definition) is 0. The lowest BCUT2D eigenvalue weighted by molar-refractivity contribution is -0.0594. The summed E-state index contributed by atoms with van der Waals surface area (Å²) < 4.78 is 11.9. The molecule has 0 radical (unpaired) electrons. The maximum Gasteiger partial charge on any atom is 0.213 e. The molecule has 1 aliphatic carbocycles. The first-order valence-electron chi connectivity index (χ1n) is 8.68. The van der Waals surface area contributed by atoms with E-state index in [1.807, 2.05) is 30.5 Å². The lowest BCUT2D eigenvalue weighted by Gasteiger charge is -2.37. The summed E-state index contributed by atoms with van der Waals surface area (Å²) in [5.74, 6) is 1.23. The fourth-order valence-electron chi connectivity index (χ4n) is 3.79.